The topological polar surface area (TPSA) is 44.0 Å². The number of aromatic nitrogens is 2. The smallest absolute Gasteiger partial charge is 0.262 e. The maximum atomic E-state index is 14.1. The summed E-state index contributed by atoms with van der Waals surface area (Å²) < 4.78 is 3.46. The first-order valence-electron chi connectivity index (χ1n) is 11.5. The highest BCUT2D eigenvalue weighted by molar-refractivity contribution is 6.32. The molecule has 2 aromatic heterocycles. The molecule has 2 bridgehead atoms. The van der Waals surface area contributed by atoms with Gasteiger partial charge in [0.1, 0.15) is 0 Å². The predicted molar refractivity (Wildman–Crippen MR) is 143 cm³/mol. The number of para-hydroxylation sites is 3. The molecular formula is C31H20N2O2. The monoisotopic (exact) mass is 452 g/mol. The summed E-state index contributed by atoms with van der Waals surface area (Å²) in [7, 11) is 0. The quantitative estimate of drug-likeness (QED) is 0.243. The molecule has 4 heteroatoms. The minimum atomic E-state index is -0.197. The van der Waals surface area contributed by atoms with Crippen LogP contribution in [0.25, 0.3) is 60.3 Å². The second-order valence-electron chi connectivity index (χ2n) is 9.20. The summed E-state index contributed by atoms with van der Waals surface area (Å²) in [6, 6.07) is 26.1. The van der Waals surface area contributed by atoms with E-state index in [-0.39, 0.29) is 11.8 Å². The van der Waals surface area contributed by atoms with Gasteiger partial charge in [-0.3, -0.25) is 18.7 Å². The molecule has 0 saturated heterocycles. The summed E-state index contributed by atoms with van der Waals surface area (Å²) in [6.45, 7) is 9.87. The van der Waals surface area contributed by atoms with Gasteiger partial charge in [-0.1, -0.05) is 67.8 Å². The van der Waals surface area contributed by atoms with Crippen molar-refractivity contribution in [3.05, 3.63) is 103 Å². The molecule has 0 saturated carbocycles. The van der Waals surface area contributed by atoms with E-state index >= 15 is 0 Å². The first-order chi connectivity index (χ1) is 17.0. The molecular weight excluding hydrogens is 432 g/mol. The van der Waals surface area contributed by atoms with Crippen LogP contribution < -0.4 is 0 Å². The van der Waals surface area contributed by atoms with Gasteiger partial charge in [-0.25, -0.2) is 0 Å². The van der Waals surface area contributed by atoms with Gasteiger partial charge in [0.25, 0.3) is 11.8 Å². The molecule has 4 nitrogen and oxygen atoms in total. The van der Waals surface area contributed by atoms with Crippen LogP contribution in [0.2, 0.25) is 0 Å². The molecule has 1 aliphatic heterocycles. The van der Waals surface area contributed by atoms with E-state index in [1.165, 1.54) is 0 Å². The van der Waals surface area contributed by atoms with Crippen LogP contribution in [0.5, 0.6) is 0 Å². The standard InChI is InChI=1S/C31H20N2O2/c1-17(2)30(34)32-27-14-7-5-10-22(27)25-16-19-15-24(29(25)32)18(3)31(35)33-26-13-6-4-9-21(26)23-12-8-11-20(19)28(23)33/h4-16H,1,3H2,2H3. The summed E-state index contributed by atoms with van der Waals surface area (Å²) in [5.74, 6) is -0.391. The van der Waals surface area contributed by atoms with Gasteiger partial charge < -0.3 is 0 Å². The van der Waals surface area contributed by atoms with Crippen molar-refractivity contribution in [1.29, 1.82) is 0 Å². The zero-order chi connectivity index (χ0) is 24.0. The molecule has 4 aromatic carbocycles. The Labute approximate surface area is 201 Å². The summed E-state index contributed by atoms with van der Waals surface area (Å²) in [5.41, 5.74) is 6.61. The van der Waals surface area contributed by atoms with Gasteiger partial charge in [0.05, 0.1) is 22.1 Å². The molecule has 7 rings (SSSR count). The fraction of sp³-hybridized carbons (Fsp3) is 0.0323. The number of carbonyl (C=O) groups is 2. The maximum Gasteiger partial charge on any atom is 0.262 e. The predicted octanol–water partition coefficient (Wildman–Crippen LogP) is 7.45. The number of benzene rings is 4. The molecule has 0 amide bonds. The number of fused-ring (bicyclic) bond motifs is 10. The molecule has 0 atom stereocenters. The van der Waals surface area contributed by atoms with Crippen molar-refractivity contribution in [2.45, 2.75) is 6.92 Å². The average molecular weight is 453 g/mol. The van der Waals surface area contributed by atoms with Crippen molar-refractivity contribution >= 4 is 61.0 Å². The van der Waals surface area contributed by atoms with E-state index < -0.39 is 0 Å². The molecule has 3 heterocycles. The summed E-state index contributed by atoms with van der Waals surface area (Å²) in [6.07, 6.45) is 0. The van der Waals surface area contributed by atoms with Crippen molar-refractivity contribution in [3.63, 3.8) is 0 Å². The normalized spacial score (nSPS) is 13.1. The molecule has 0 N–H and O–H groups in total. The number of hydrogen-bond acceptors (Lipinski definition) is 2. The highest BCUT2D eigenvalue weighted by Crippen LogP contribution is 2.43. The van der Waals surface area contributed by atoms with E-state index in [4.69, 9.17) is 0 Å². The summed E-state index contributed by atoms with van der Waals surface area (Å²) >= 11 is 0. The van der Waals surface area contributed by atoms with Gasteiger partial charge in [-0.15, -0.1) is 0 Å². The Kier molecular flexibility index (Phi) is 3.76. The third-order valence-electron chi connectivity index (χ3n) is 7.13. The van der Waals surface area contributed by atoms with Crippen LogP contribution in [0.15, 0.2) is 97.6 Å². The number of rotatable bonds is 1. The Bertz CT molecular complexity index is 1980. The fourth-order valence-corrected chi connectivity index (χ4v) is 5.60. The molecule has 0 aliphatic carbocycles. The van der Waals surface area contributed by atoms with Crippen LogP contribution >= 0.6 is 0 Å². The molecule has 35 heavy (non-hydrogen) atoms. The van der Waals surface area contributed by atoms with Gasteiger partial charge in [-0.2, -0.15) is 0 Å². The van der Waals surface area contributed by atoms with Crippen LogP contribution in [0.1, 0.15) is 22.1 Å². The maximum absolute atomic E-state index is 14.1. The van der Waals surface area contributed by atoms with Crippen LogP contribution in [-0.2, 0) is 0 Å². The Morgan fingerprint density at radius 2 is 1.40 bits per heavy atom. The van der Waals surface area contributed by atoms with E-state index in [1.807, 2.05) is 60.7 Å². The lowest BCUT2D eigenvalue weighted by Gasteiger charge is -2.19. The van der Waals surface area contributed by atoms with E-state index in [1.54, 1.807) is 16.1 Å². The summed E-state index contributed by atoms with van der Waals surface area (Å²) in [5, 5.41) is 3.92. The molecule has 1 aliphatic rings. The third kappa shape index (κ3) is 2.40. The first kappa shape index (κ1) is 19.7. The summed E-state index contributed by atoms with van der Waals surface area (Å²) in [4.78, 5) is 27.5. The highest BCUT2D eigenvalue weighted by atomic mass is 16.2. The fourth-order valence-electron chi connectivity index (χ4n) is 5.60. The van der Waals surface area contributed by atoms with Crippen molar-refractivity contribution < 1.29 is 9.59 Å². The number of allylic oxidation sites excluding steroid dienone is 2. The second-order valence-corrected chi connectivity index (χ2v) is 9.20. The average Bonchev–Trinajstić information content (AvgIpc) is 3.39. The second kappa shape index (κ2) is 6.67. The lowest BCUT2D eigenvalue weighted by molar-refractivity contribution is 0.0961. The Hall–Kier alpha value is -4.70. The van der Waals surface area contributed by atoms with E-state index in [0.29, 0.717) is 22.2 Å². The zero-order valence-electron chi connectivity index (χ0n) is 19.1. The van der Waals surface area contributed by atoms with Gasteiger partial charge in [0.2, 0.25) is 0 Å². The zero-order valence-corrected chi connectivity index (χ0v) is 19.1. The molecule has 6 aromatic rings. The largest absolute Gasteiger partial charge is 0.275 e. The SMILES string of the molecule is C=C(C)C(=O)n1c2ccccc2c2cc3cc(c21)C(=C)C(=O)n1c2ccccc2c2cccc-3c21. The number of nitrogens with zero attached hydrogens (tertiary/aromatic N) is 2. The minimum absolute atomic E-state index is 0.193. The van der Waals surface area contributed by atoms with Gasteiger partial charge in [0, 0.05) is 43.8 Å². The molecule has 0 spiro atoms. The number of carbonyl (C=O) groups excluding carboxylic acids is 2. The van der Waals surface area contributed by atoms with Crippen molar-refractivity contribution in [2.75, 3.05) is 0 Å². The highest BCUT2D eigenvalue weighted by Gasteiger charge is 2.28. The third-order valence-corrected chi connectivity index (χ3v) is 7.13. The Morgan fingerprint density at radius 1 is 0.743 bits per heavy atom. The van der Waals surface area contributed by atoms with Crippen LogP contribution in [-0.4, -0.2) is 20.9 Å². The van der Waals surface area contributed by atoms with E-state index in [2.05, 4.69) is 31.4 Å². The molecule has 0 unspecified atom stereocenters. The minimum Gasteiger partial charge on any atom is -0.275 e. The van der Waals surface area contributed by atoms with Gasteiger partial charge in [0.15, 0.2) is 0 Å². The van der Waals surface area contributed by atoms with Crippen molar-refractivity contribution in [3.8, 4) is 11.1 Å². The van der Waals surface area contributed by atoms with Crippen LogP contribution in [0.4, 0.5) is 0 Å². The van der Waals surface area contributed by atoms with E-state index in [0.717, 1.165) is 49.2 Å². The van der Waals surface area contributed by atoms with Crippen LogP contribution in [0, 0.1) is 0 Å². The van der Waals surface area contributed by atoms with Crippen molar-refractivity contribution in [2.24, 2.45) is 0 Å². The Morgan fingerprint density at radius 3 is 2.14 bits per heavy atom. The molecule has 0 radical (unpaired) electrons. The van der Waals surface area contributed by atoms with Crippen LogP contribution in [0.3, 0.4) is 0 Å². The molecule has 0 fully saturated rings. The first-order valence-corrected chi connectivity index (χ1v) is 11.5. The number of hydrogen-bond donors (Lipinski definition) is 0. The van der Waals surface area contributed by atoms with Gasteiger partial charge in [-0.05, 0) is 36.8 Å². The lowest BCUT2D eigenvalue weighted by Crippen LogP contribution is -2.16. The van der Waals surface area contributed by atoms with Gasteiger partial charge >= 0.3 is 0 Å². The lowest BCUT2D eigenvalue weighted by atomic mass is 9.93. The molecule has 166 valence electrons. The van der Waals surface area contributed by atoms with E-state index in [9.17, 15) is 9.59 Å². The Balaban J connectivity index is 1.72. The van der Waals surface area contributed by atoms with Crippen molar-refractivity contribution in [1.82, 2.24) is 9.13 Å².